The van der Waals surface area contributed by atoms with E-state index in [9.17, 15) is 45.6 Å². The van der Waals surface area contributed by atoms with Gasteiger partial charge in [-0.3, -0.25) is 4.79 Å². The molecule has 2 aliphatic heterocycles. The molecule has 0 spiro atoms. The lowest BCUT2D eigenvalue weighted by Gasteiger charge is -2.46. The predicted octanol–water partition coefficient (Wildman–Crippen LogP) is 5.99. The number of aliphatic hydroxyl groups excluding tert-OH is 8. The second-order valence-electron chi connectivity index (χ2n) is 18.0. The number of unbranched alkanes of at least 4 members (excludes halogenated alkanes) is 25. The summed E-state index contributed by atoms with van der Waals surface area (Å²) in [6.45, 7) is 2.78. The van der Waals surface area contributed by atoms with Gasteiger partial charge in [-0.05, 0) is 19.3 Å². The zero-order chi connectivity index (χ0) is 45.4. The van der Waals surface area contributed by atoms with Gasteiger partial charge in [-0.25, -0.2) is 0 Å². The first-order valence-corrected chi connectivity index (χ1v) is 24.9. The fourth-order valence-corrected chi connectivity index (χ4v) is 8.35. The summed E-state index contributed by atoms with van der Waals surface area (Å²) in [6, 6.07) is -0.906. The van der Waals surface area contributed by atoms with Crippen molar-refractivity contribution in [1.29, 1.82) is 0 Å². The van der Waals surface area contributed by atoms with E-state index in [1.54, 1.807) is 6.08 Å². The molecule has 0 bridgehead atoms. The van der Waals surface area contributed by atoms with Crippen LogP contribution in [0.1, 0.15) is 194 Å². The number of amides is 1. The van der Waals surface area contributed by atoms with E-state index < -0.39 is 86.8 Å². The number of carbonyl (C=O) groups excluding carboxylic acids is 1. The van der Waals surface area contributed by atoms with Gasteiger partial charge in [-0.2, -0.15) is 0 Å². The number of rotatable bonds is 38. The van der Waals surface area contributed by atoms with Crippen molar-refractivity contribution in [3.05, 3.63) is 12.2 Å². The maximum atomic E-state index is 13.1. The van der Waals surface area contributed by atoms with Crippen molar-refractivity contribution in [3.8, 4) is 0 Å². The molecule has 0 radical (unpaired) electrons. The largest absolute Gasteiger partial charge is 0.394 e. The number of nitrogens with one attached hydrogen (secondary N) is 1. The first-order chi connectivity index (χ1) is 30.1. The first-order valence-electron chi connectivity index (χ1n) is 24.9. The molecule has 0 aliphatic carbocycles. The Morgan fingerprint density at radius 2 is 1.00 bits per heavy atom. The summed E-state index contributed by atoms with van der Waals surface area (Å²) in [7, 11) is 0. The second kappa shape index (κ2) is 35.9. The van der Waals surface area contributed by atoms with Gasteiger partial charge in [0, 0.05) is 6.42 Å². The highest BCUT2D eigenvalue weighted by molar-refractivity contribution is 5.76. The molecule has 2 saturated heterocycles. The van der Waals surface area contributed by atoms with Crippen molar-refractivity contribution in [2.45, 2.75) is 267 Å². The topological polar surface area (TPSA) is 228 Å². The highest BCUT2D eigenvalue weighted by Gasteiger charge is 2.51. The average Bonchev–Trinajstić information content (AvgIpc) is 3.27. The van der Waals surface area contributed by atoms with Crippen molar-refractivity contribution in [3.63, 3.8) is 0 Å². The van der Waals surface area contributed by atoms with Gasteiger partial charge < -0.3 is 65.1 Å². The molecular formula is C48H91NO13. The van der Waals surface area contributed by atoms with Crippen LogP contribution >= 0.6 is 0 Å². The van der Waals surface area contributed by atoms with Crippen LogP contribution in [0.3, 0.4) is 0 Å². The maximum Gasteiger partial charge on any atom is 0.220 e. The summed E-state index contributed by atoms with van der Waals surface area (Å²) in [6.07, 6.45) is 19.6. The molecule has 1 amide bonds. The lowest BCUT2D eigenvalue weighted by atomic mass is 9.97. The molecule has 14 nitrogen and oxygen atoms in total. The Hall–Kier alpha value is -1.27. The first kappa shape index (κ1) is 56.9. The molecular weight excluding hydrogens is 799 g/mol. The lowest BCUT2D eigenvalue weighted by molar-refractivity contribution is -0.359. The molecule has 14 heteroatoms. The summed E-state index contributed by atoms with van der Waals surface area (Å²) >= 11 is 0. The number of hydrogen-bond donors (Lipinski definition) is 9. The van der Waals surface area contributed by atoms with Gasteiger partial charge in [0.15, 0.2) is 12.6 Å². The maximum absolute atomic E-state index is 13.1. The fraction of sp³-hybridized carbons (Fsp3) is 0.938. The van der Waals surface area contributed by atoms with Gasteiger partial charge in [-0.1, -0.05) is 180 Å². The van der Waals surface area contributed by atoms with E-state index >= 15 is 0 Å². The molecule has 0 unspecified atom stereocenters. The normalized spacial score (nSPS) is 27.8. The monoisotopic (exact) mass is 890 g/mol. The lowest BCUT2D eigenvalue weighted by Crippen LogP contribution is -2.65. The number of ether oxygens (including phenoxy) is 4. The summed E-state index contributed by atoms with van der Waals surface area (Å²) in [5.74, 6) is -0.238. The van der Waals surface area contributed by atoms with Gasteiger partial charge in [0.1, 0.15) is 48.8 Å². The molecule has 2 rings (SSSR count). The molecule has 2 fully saturated rings. The molecule has 12 atom stereocenters. The third-order valence-corrected chi connectivity index (χ3v) is 12.5. The molecule has 9 N–H and O–H groups in total. The van der Waals surface area contributed by atoms with Gasteiger partial charge >= 0.3 is 0 Å². The van der Waals surface area contributed by atoms with Crippen molar-refractivity contribution in [2.75, 3.05) is 19.8 Å². The van der Waals surface area contributed by atoms with Gasteiger partial charge in [0.2, 0.25) is 5.91 Å². The fourth-order valence-electron chi connectivity index (χ4n) is 8.35. The molecule has 2 aliphatic rings. The van der Waals surface area contributed by atoms with Crippen molar-refractivity contribution >= 4 is 5.91 Å². The Kier molecular flexibility index (Phi) is 32.9. The van der Waals surface area contributed by atoms with Crippen LogP contribution in [0.2, 0.25) is 0 Å². The van der Waals surface area contributed by atoms with Gasteiger partial charge in [0.25, 0.3) is 0 Å². The number of carbonyl (C=O) groups is 1. The SMILES string of the molecule is CCCCCCCCCCCCC/C=C/[C@@H](O)[C@H](CO[C@H]1O[C@H](CO)[C@@H](O[C@@H]2O[C@H](CO)[C@H](O)[C@H](O)[C@H]2O)[C@H](O)[C@H]1O)NC(=O)CCCCCCCCCCCCCCCCC. The minimum Gasteiger partial charge on any atom is -0.394 e. The number of hydrogen-bond acceptors (Lipinski definition) is 13. The van der Waals surface area contributed by atoms with E-state index in [1.807, 2.05) is 6.08 Å². The van der Waals surface area contributed by atoms with Crippen LogP contribution in [-0.4, -0.2) is 140 Å². The van der Waals surface area contributed by atoms with Crippen molar-refractivity contribution < 1.29 is 64.6 Å². The minimum absolute atomic E-state index is 0.238. The third kappa shape index (κ3) is 23.3. The molecule has 0 aromatic heterocycles. The van der Waals surface area contributed by atoms with Crippen LogP contribution in [0.5, 0.6) is 0 Å². The van der Waals surface area contributed by atoms with Gasteiger partial charge in [-0.15, -0.1) is 0 Å². The second-order valence-corrected chi connectivity index (χ2v) is 18.0. The van der Waals surface area contributed by atoms with Crippen LogP contribution in [0.4, 0.5) is 0 Å². The molecule has 62 heavy (non-hydrogen) atoms. The smallest absolute Gasteiger partial charge is 0.220 e. The predicted molar refractivity (Wildman–Crippen MR) is 240 cm³/mol. The standard InChI is InChI=1S/C48H91NO13/c1-3-5-7-9-11-13-15-17-18-20-22-24-26-28-30-32-40(53)49-36(37(52)31-29-27-25-23-21-19-16-14-12-10-8-6-4-2)35-59-47-45(58)43(56)46(39(34-51)61-47)62-48-44(57)42(55)41(54)38(33-50)60-48/h29,31,36-39,41-48,50-52,54-58H,3-28,30,32-35H2,1-2H3,(H,49,53)/b31-29+/t36-,37+,38+,39+,41-,42-,43+,44+,45+,46+,47-,48-/m0/s1. The summed E-state index contributed by atoms with van der Waals surface area (Å²) < 4.78 is 22.7. The molecule has 0 saturated carbocycles. The molecule has 366 valence electrons. The molecule has 0 aromatic rings. The van der Waals surface area contributed by atoms with Crippen LogP contribution in [0.25, 0.3) is 0 Å². The van der Waals surface area contributed by atoms with E-state index in [1.165, 1.54) is 128 Å². The summed E-state index contributed by atoms with van der Waals surface area (Å²) in [5, 5.41) is 86.6. The molecule has 2 heterocycles. The van der Waals surface area contributed by atoms with Crippen LogP contribution in [0.15, 0.2) is 12.2 Å². The quantitative estimate of drug-likeness (QED) is 0.0257. The number of allylic oxidation sites excluding steroid dienone is 1. The van der Waals surface area contributed by atoms with Gasteiger partial charge in [0.05, 0.1) is 32.0 Å². The highest BCUT2D eigenvalue weighted by Crippen LogP contribution is 2.30. The zero-order valence-corrected chi connectivity index (χ0v) is 38.6. The number of aliphatic hydroxyl groups is 8. The Bertz CT molecular complexity index is 1100. The van der Waals surface area contributed by atoms with Crippen LogP contribution in [-0.2, 0) is 23.7 Å². The van der Waals surface area contributed by atoms with Crippen LogP contribution < -0.4 is 5.32 Å². The third-order valence-electron chi connectivity index (χ3n) is 12.5. The Labute approximate surface area is 374 Å². The van der Waals surface area contributed by atoms with E-state index in [2.05, 4.69) is 19.2 Å². The summed E-state index contributed by atoms with van der Waals surface area (Å²) in [5.41, 5.74) is 0. The Balaban J connectivity index is 1.86. The highest BCUT2D eigenvalue weighted by atomic mass is 16.7. The van der Waals surface area contributed by atoms with Crippen LogP contribution in [0, 0.1) is 0 Å². The van der Waals surface area contributed by atoms with Crippen molar-refractivity contribution in [2.24, 2.45) is 0 Å². The van der Waals surface area contributed by atoms with E-state index in [-0.39, 0.29) is 18.9 Å². The zero-order valence-electron chi connectivity index (χ0n) is 38.6. The molecule has 0 aromatic carbocycles. The van der Waals surface area contributed by atoms with E-state index in [0.29, 0.717) is 6.42 Å². The average molecular weight is 890 g/mol. The van der Waals surface area contributed by atoms with E-state index in [4.69, 9.17) is 18.9 Å². The minimum atomic E-state index is -1.78. The van der Waals surface area contributed by atoms with E-state index in [0.717, 1.165) is 38.5 Å². The Morgan fingerprint density at radius 3 is 1.48 bits per heavy atom. The van der Waals surface area contributed by atoms with Crippen molar-refractivity contribution in [1.82, 2.24) is 5.32 Å². The summed E-state index contributed by atoms with van der Waals surface area (Å²) in [4.78, 5) is 13.1. The Morgan fingerprint density at radius 1 is 0.565 bits per heavy atom.